The predicted molar refractivity (Wildman–Crippen MR) is 133 cm³/mol. The van der Waals surface area contributed by atoms with E-state index in [1.165, 1.54) is 109 Å². The molecule has 0 aromatic rings. The van der Waals surface area contributed by atoms with Gasteiger partial charge in [0.05, 0.1) is 0 Å². The van der Waals surface area contributed by atoms with Crippen LogP contribution in [-0.4, -0.2) is 23.2 Å². The first kappa shape index (κ1) is 31.6. The average Bonchev–Trinajstić information content (AvgIpc) is 2.69. The topological polar surface area (TPSA) is 89.3 Å². The summed E-state index contributed by atoms with van der Waals surface area (Å²) >= 11 is 0. The average molecular weight is 429 g/mol. The van der Waals surface area contributed by atoms with Crippen LogP contribution in [0.2, 0.25) is 0 Å². The molecule has 0 aliphatic heterocycles. The largest absolute Gasteiger partial charge is 0.481 e. The van der Waals surface area contributed by atoms with Gasteiger partial charge in [0.1, 0.15) is 0 Å². The third-order valence-corrected chi connectivity index (χ3v) is 5.52. The Kier molecular flexibility index (Phi) is 26.0. The van der Waals surface area contributed by atoms with Crippen molar-refractivity contribution >= 4 is 5.97 Å². The van der Waals surface area contributed by atoms with E-state index in [1.54, 1.807) is 0 Å². The van der Waals surface area contributed by atoms with Crippen LogP contribution in [-0.2, 0) is 4.79 Å². The van der Waals surface area contributed by atoms with Crippen LogP contribution in [0.4, 0.5) is 0 Å². The fourth-order valence-corrected chi connectivity index (χ4v) is 3.35. The fourth-order valence-electron chi connectivity index (χ4n) is 3.35. The molecule has 0 bridgehead atoms. The summed E-state index contributed by atoms with van der Waals surface area (Å²) in [5.41, 5.74) is 10.4. The molecule has 0 aromatic heterocycles. The van der Waals surface area contributed by atoms with Crippen molar-refractivity contribution in [1.29, 1.82) is 0 Å². The van der Waals surface area contributed by atoms with E-state index in [-0.39, 0.29) is 5.54 Å². The number of unbranched alkanes of at least 4 members (excludes halogenated alkanes) is 18. The molecule has 0 atom stereocenters. The minimum absolute atomic E-state index is 0.181. The quantitative estimate of drug-likeness (QED) is 0.164. The van der Waals surface area contributed by atoms with Gasteiger partial charge in [0.15, 0.2) is 0 Å². The van der Waals surface area contributed by atoms with Crippen LogP contribution < -0.4 is 11.5 Å². The van der Waals surface area contributed by atoms with Crippen molar-refractivity contribution in [2.45, 2.75) is 155 Å². The molecular weight excluding hydrogens is 372 g/mol. The maximum atomic E-state index is 10.4. The van der Waals surface area contributed by atoms with Gasteiger partial charge in [-0.15, -0.1) is 0 Å². The molecule has 182 valence electrons. The Labute approximate surface area is 189 Å². The van der Waals surface area contributed by atoms with Crippen molar-refractivity contribution < 1.29 is 9.90 Å². The summed E-state index contributed by atoms with van der Waals surface area (Å²) in [5.74, 6) is -0.651. The van der Waals surface area contributed by atoms with Crippen LogP contribution in [0.5, 0.6) is 0 Å². The van der Waals surface area contributed by atoms with Crippen LogP contribution in [0, 0.1) is 0 Å². The number of carboxylic acid groups (broad SMARTS) is 1. The molecule has 0 spiro atoms. The third kappa shape index (κ3) is 34.9. The monoisotopic (exact) mass is 428 g/mol. The van der Waals surface area contributed by atoms with Crippen molar-refractivity contribution in [3.8, 4) is 0 Å². The molecule has 0 fully saturated rings. The third-order valence-electron chi connectivity index (χ3n) is 5.52. The van der Waals surface area contributed by atoms with Crippen molar-refractivity contribution in [3.05, 3.63) is 0 Å². The van der Waals surface area contributed by atoms with Gasteiger partial charge in [-0.05, 0) is 20.3 Å². The normalized spacial score (nSPS) is 11.2. The number of hydrogen-bond donors (Lipinski definition) is 3. The zero-order chi connectivity index (χ0) is 22.9. The van der Waals surface area contributed by atoms with E-state index in [0.29, 0.717) is 13.0 Å². The van der Waals surface area contributed by atoms with E-state index in [0.717, 1.165) is 12.8 Å². The van der Waals surface area contributed by atoms with Crippen LogP contribution in [0.3, 0.4) is 0 Å². The van der Waals surface area contributed by atoms with Crippen LogP contribution in [0.1, 0.15) is 149 Å². The van der Waals surface area contributed by atoms with E-state index in [4.69, 9.17) is 16.6 Å². The van der Waals surface area contributed by atoms with Crippen molar-refractivity contribution in [2.75, 3.05) is 6.54 Å². The number of carbonyl (C=O) groups is 1. The predicted octanol–water partition coefficient (Wildman–Crippen LogP) is 7.58. The minimum atomic E-state index is -0.651. The summed E-state index contributed by atoms with van der Waals surface area (Å²) in [6.45, 7) is 6.62. The molecule has 30 heavy (non-hydrogen) atoms. The Bertz CT molecular complexity index is 340. The second-order valence-electron chi connectivity index (χ2n) is 9.70. The highest BCUT2D eigenvalue weighted by molar-refractivity contribution is 5.66. The van der Waals surface area contributed by atoms with Gasteiger partial charge in [0, 0.05) is 18.5 Å². The molecule has 4 nitrogen and oxygen atoms in total. The summed E-state index contributed by atoms with van der Waals surface area (Å²) in [4.78, 5) is 10.4. The lowest BCUT2D eigenvalue weighted by molar-refractivity contribution is -0.137. The lowest BCUT2D eigenvalue weighted by Crippen LogP contribution is -2.40. The summed E-state index contributed by atoms with van der Waals surface area (Å²) in [6, 6.07) is 0. The highest BCUT2D eigenvalue weighted by Gasteiger charge is 2.04. The maximum absolute atomic E-state index is 10.4. The lowest BCUT2D eigenvalue weighted by atomic mass is 10.0. The first-order valence-corrected chi connectivity index (χ1v) is 13.0. The maximum Gasteiger partial charge on any atom is 0.303 e. The smallest absolute Gasteiger partial charge is 0.303 e. The first-order chi connectivity index (χ1) is 14.3. The Hall–Kier alpha value is -0.610. The number of carboxylic acids is 1. The Morgan fingerprint density at radius 1 is 0.633 bits per heavy atom. The van der Waals surface area contributed by atoms with Crippen molar-refractivity contribution in [3.63, 3.8) is 0 Å². The highest BCUT2D eigenvalue weighted by atomic mass is 16.4. The van der Waals surface area contributed by atoms with Crippen molar-refractivity contribution in [2.24, 2.45) is 11.5 Å². The molecule has 5 N–H and O–H groups in total. The van der Waals surface area contributed by atoms with E-state index in [9.17, 15) is 4.79 Å². The Balaban J connectivity index is 0. The molecule has 0 rings (SSSR count). The molecule has 0 aromatic carbocycles. The fraction of sp³-hybridized carbons (Fsp3) is 0.962. The minimum Gasteiger partial charge on any atom is -0.481 e. The van der Waals surface area contributed by atoms with Gasteiger partial charge in [-0.3, -0.25) is 4.79 Å². The molecule has 0 radical (unpaired) electrons. The van der Waals surface area contributed by atoms with Gasteiger partial charge in [-0.25, -0.2) is 0 Å². The number of rotatable bonds is 21. The van der Waals surface area contributed by atoms with Gasteiger partial charge >= 0.3 is 5.97 Å². The number of nitrogens with two attached hydrogens (primary N) is 2. The van der Waals surface area contributed by atoms with Gasteiger partial charge in [0.2, 0.25) is 0 Å². The van der Waals surface area contributed by atoms with Crippen LogP contribution >= 0.6 is 0 Å². The van der Waals surface area contributed by atoms with E-state index < -0.39 is 5.97 Å². The number of hydrogen-bond acceptors (Lipinski definition) is 3. The second kappa shape index (κ2) is 24.7. The van der Waals surface area contributed by atoms with E-state index >= 15 is 0 Å². The molecule has 0 amide bonds. The van der Waals surface area contributed by atoms with Crippen molar-refractivity contribution in [1.82, 2.24) is 0 Å². The molecule has 4 heteroatoms. The second-order valence-corrected chi connectivity index (χ2v) is 9.70. The van der Waals surface area contributed by atoms with Gasteiger partial charge in [0.25, 0.3) is 0 Å². The van der Waals surface area contributed by atoms with Gasteiger partial charge < -0.3 is 16.6 Å². The molecule has 0 unspecified atom stereocenters. The highest BCUT2D eigenvalue weighted by Crippen LogP contribution is 2.14. The Morgan fingerprint density at radius 3 is 1.07 bits per heavy atom. The molecular formula is C26H56N2O2. The SMILES string of the molecule is CC(C)(N)CN.CCCCCCCCCCCCCCCCCCCCCC(=O)O. The molecule has 0 heterocycles. The number of aliphatic carboxylic acids is 1. The lowest BCUT2D eigenvalue weighted by Gasteiger charge is -2.13. The van der Waals surface area contributed by atoms with Crippen LogP contribution in [0.25, 0.3) is 0 Å². The first-order valence-electron chi connectivity index (χ1n) is 13.0. The summed E-state index contributed by atoms with van der Waals surface area (Å²) in [6.07, 6.45) is 26.1. The molecule has 0 aliphatic rings. The van der Waals surface area contributed by atoms with Crippen LogP contribution in [0.15, 0.2) is 0 Å². The van der Waals surface area contributed by atoms with Gasteiger partial charge in [-0.1, -0.05) is 122 Å². The molecule has 0 saturated heterocycles. The summed E-state index contributed by atoms with van der Waals surface area (Å²) in [7, 11) is 0. The Morgan fingerprint density at radius 2 is 0.867 bits per heavy atom. The van der Waals surface area contributed by atoms with E-state index in [2.05, 4.69) is 6.92 Å². The molecule has 0 saturated carbocycles. The summed E-state index contributed by atoms with van der Waals surface area (Å²) in [5, 5.41) is 8.56. The standard InChI is InChI=1S/C22H44O2.C4H12N2/c1-2-3-4-5-6-7-8-9-10-11-12-13-14-15-16-17-18-19-20-21-22(23)24;1-4(2,6)3-5/h2-21H2,1H3,(H,23,24);3,5-6H2,1-2H3. The zero-order valence-corrected chi connectivity index (χ0v) is 20.9. The molecule has 0 aliphatic carbocycles. The summed E-state index contributed by atoms with van der Waals surface area (Å²) < 4.78 is 0. The van der Waals surface area contributed by atoms with Gasteiger partial charge in [-0.2, -0.15) is 0 Å². The zero-order valence-electron chi connectivity index (χ0n) is 20.9. The van der Waals surface area contributed by atoms with E-state index in [1.807, 2.05) is 13.8 Å².